The zero-order valence-electron chi connectivity index (χ0n) is 12.2. The second-order valence-electron chi connectivity index (χ2n) is 5.55. The van der Waals surface area contributed by atoms with E-state index in [-0.39, 0.29) is 16.3 Å². The molecule has 3 aromatic rings. The van der Waals surface area contributed by atoms with E-state index in [1.54, 1.807) is 6.92 Å². The average Bonchev–Trinajstić information content (AvgIpc) is 3.06. The Balaban J connectivity index is 1.83. The Morgan fingerprint density at radius 1 is 1.18 bits per heavy atom. The molecule has 0 radical (unpaired) electrons. The fourth-order valence-corrected chi connectivity index (χ4v) is 4.28. The summed E-state index contributed by atoms with van der Waals surface area (Å²) in [5.41, 5.74) is 4.18. The predicted molar refractivity (Wildman–Crippen MR) is 88.1 cm³/mol. The highest BCUT2D eigenvalue weighted by molar-refractivity contribution is 8.14. The normalized spacial score (nSPS) is 20.2. The van der Waals surface area contributed by atoms with E-state index < -0.39 is 0 Å². The average molecular weight is 309 g/mol. The summed E-state index contributed by atoms with van der Waals surface area (Å²) < 4.78 is 5.98. The van der Waals surface area contributed by atoms with Crippen LogP contribution in [0, 0.1) is 0 Å². The Bertz CT molecular complexity index is 822. The van der Waals surface area contributed by atoms with Crippen molar-refractivity contribution in [3.8, 4) is 0 Å². The van der Waals surface area contributed by atoms with Gasteiger partial charge in [0.15, 0.2) is 10.7 Å². The molecule has 1 aromatic heterocycles. The van der Waals surface area contributed by atoms with Crippen LogP contribution in [-0.2, 0) is 11.2 Å². The molecule has 0 aliphatic heterocycles. The summed E-state index contributed by atoms with van der Waals surface area (Å²) in [6.07, 6.45) is 0.879. The first kappa shape index (κ1) is 13.6. The number of nitrogens with zero attached hydrogens (tertiary/aromatic N) is 1. The van der Waals surface area contributed by atoms with Crippen LogP contribution in [0.2, 0.25) is 0 Å². The molecule has 1 aliphatic carbocycles. The third-order valence-corrected chi connectivity index (χ3v) is 5.15. The minimum absolute atomic E-state index is 0.0394. The van der Waals surface area contributed by atoms with E-state index in [9.17, 15) is 4.79 Å². The quantitative estimate of drug-likeness (QED) is 0.713. The lowest BCUT2D eigenvalue weighted by atomic mass is 10.0. The minimum Gasteiger partial charge on any atom is -0.440 e. The highest BCUT2D eigenvalue weighted by Gasteiger charge is 2.37. The Kier molecular flexibility index (Phi) is 3.26. The molecule has 4 rings (SSSR count). The van der Waals surface area contributed by atoms with Crippen molar-refractivity contribution in [2.24, 2.45) is 0 Å². The van der Waals surface area contributed by atoms with Gasteiger partial charge in [-0.05, 0) is 29.7 Å². The van der Waals surface area contributed by atoms with E-state index in [0.717, 1.165) is 17.5 Å². The van der Waals surface area contributed by atoms with E-state index in [2.05, 4.69) is 17.1 Å². The second kappa shape index (κ2) is 5.29. The molecule has 2 aromatic carbocycles. The van der Waals surface area contributed by atoms with Gasteiger partial charge in [0.2, 0.25) is 5.89 Å². The minimum atomic E-state index is 0.0394. The van der Waals surface area contributed by atoms with Crippen molar-refractivity contribution in [1.82, 2.24) is 4.98 Å². The Labute approximate surface area is 132 Å². The van der Waals surface area contributed by atoms with Crippen LogP contribution in [0.3, 0.4) is 0 Å². The smallest absolute Gasteiger partial charge is 0.204 e. The number of thioether (sulfide) groups is 1. The van der Waals surface area contributed by atoms with Crippen LogP contribution in [0.15, 0.2) is 52.9 Å². The predicted octanol–water partition coefficient (Wildman–Crippen LogP) is 4.16. The van der Waals surface area contributed by atoms with Crippen molar-refractivity contribution in [3.63, 3.8) is 0 Å². The van der Waals surface area contributed by atoms with Crippen LogP contribution in [0.25, 0.3) is 11.1 Å². The van der Waals surface area contributed by atoms with Crippen molar-refractivity contribution in [1.29, 1.82) is 0 Å². The summed E-state index contributed by atoms with van der Waals surface area (Å²) in [6, 6.07) is 16.1. The van der Waals surface area contributed by atoms with Gasteiger partial charge in [-0.15, -0.1) is 0 Å². The summed E-state index contributed by atoms with van der Waals surface area (Å²) in [5, 5.41) is 0.293. The van der Waals surface area contributed by atoms with Gasteiger partial charge in [0.1, 0.15) is 5.52 Å². The monoisotopic (exact) mass is 309 g/mol. The number of oxazole rings is 1. The first-order valence-electron chi connectivity index (χ1n) is 7.33. The molecule has 110 valence electrons. The molecule has 1 heterocycles. The molecule has 0 saturated carbocycles. The molecule has 0 bridgehead atoms. The van der Waals surface area contributed by atoms with Crippen LogP contribution in [0.1, 0.15) is 29.9 Å². The zero-order chi connectivity index (χ0) is 15.1. The third-order valence-electron chi connectivity index (χ3n) is 4.08. The number of rotatable bonds is 2. The summed E-state index contributed by atoms with van der Waals surface area (Å²) in [4.78, 5) is 16.3. The summed E-state index contributed by atoms with van der Waals surface area (Å²) in [7, 11) is 0. The van der Waals surface area contributed by atoms with Gasteiger partial charge in [-0.3, -0.25) is 4.79 Å². The van der Waals surface area contributed by atoms with Gasteiger partial charge in [0.05, 0.1) is 5.92 Å². The molecular weight excluding hydrogens is 294 g/mol. The number of aromatic nitrogens is 1. The first-order chi connectivity index (χ1) is 10.7. The van der Waals surface area contributed by atoms with Crippen LogP contribution in [0.5, 0.6) is 0 Å². The van der Waals surface area contributed by atoms with Gasteiger partial charge in [-0.25, -0.2) is 4.98 Å². The van der Waals surface area contributed by atoms with E-state index in [0.29, 0.717) is 5.89 Å². The Morgan fingerprint density at radius 3 is 2.77 bits per heavy atom. The largest absolute Gasteiger partial charge is 0.440 e. The fraction of sp³-hybridized carbons (Fsp3) is 0.222. The SMILES string of the molecule is CC(=O)SC1Cc2ccccc2C1c1nc2ccccc2o1. The number of carbonyl (C=O) groups excluding carboxylic acids is 1. The second-order valence-corrected chi connectivity index (χ2v) is 6.96. The van der Waals surface area contributed by atoms with E-state index in [4.69, 9.17) is 4.42 Å². The number of para-hydroxylation sites is 2. The van der Waals surface area contributed by atoms with Gasteiger partial charge < -0.3 is 4.42 Å². The van der Waals surface area contributed by atoms with Crippen molar-refractivity contribution < 1.29 is 9.21 Å². The Hall–Kier alpha value is -2.07. The van der Waals surface area contributed by atoms with Crippen molar-refractivity contribution in [2.75, 3.05) is 0 Å². The zero-order valence-corrected chi connectivity index (χ0v) is 13.0. The summed E-state index contributed by atoms with van der Waals surface area (Å²) in [6.45, 7) is 1.62. The van der Waals surface area contributed by atoms with Gasteiger partial charge in [-0.1, -0.05) is 48.2 Å². The molecule has 0 amide bonds. The number of fused-ring (bicyclic) bond motifs is 2. The Morgan fingerprint density at radius 2 is 1.95 bits per heavy atom. The molecule has 0 N–H and O–H groups in total. The van der Waals surface area contributed by atoms with Crippen LogP contribution in [0.4, 0.5) is 0 Å². The molecule has 2 atom stereocenters. The van der Waals surface area contributed by atoms with Crippen molar-refractivity contribution in [2.45, 2.75) is 24.5 Å². The molecule has 3 nitrogen and oxygen atoms in total. The number of carbonyl (C=O) groups is 1. The topological polar surface area (TPSA) is 43.1 Å². The van der Waals surface area contributed by atoms with Crippen molar-refractivity contribution in [3.05, 3.63) is 65.5 Å². The van der Waals surface area contributed by atoms with Gasteiger partial charge in [-0.2, -0.15) is 0 Å². The molecule has 2 unspecified atom stereocenters. The van der Waals surface area contributed by atoms with Gasteiger partial charge >= 0.3 is 0 Å². The molecule has 4 heteroatoms. The maximum Gasteiger partial charge on any atom is 0.204 e. The van der Waals surface area contributed by atoms with E-state index in [1.807, 2.05) is 36.4 Å². The van der Waals surface area contributed by atoms with Crippen LogP contribution < -0.4 is 0 Å². The molecule has 1 aliphatic rings. The third kappa shape index (κ3) is 2.24. The van der Waals surface area contributed by atoms with E-state index >= 15 is 0 Å². The lowest BCUT2D eigenvalue weighted by Crippen LogP contribution is -2.13. The van der Waals surface area contributed by atoms with Crippen LogP contribution >= 0.6 is 11.8 Å². The number of hydrogen-bond donors (Lipinski definition) is 0. The first-order valence-corrected chi connectivity index (χ1v) is 8.21. The van der Waals surface area contributed by atoms with Crippen LogP contribution in [-0.4, -0.2) is 15.3 Å². The summed E-state index contributed by atoms with van der Waals surface area (Å²) in [5.74, 6) is 0.752. The highest BCUT2D eigenvalue weighted by atomic mass is 32.2. The molecule has 22 heavy (non-hydrogen) atoms. The molecular formula is C18H15NO2S. The molecule has 0 spiro atoms. The fourth-order valence-electron chi connectivity index (χ4n) is 3.20. The maximum atomic E-state index is 11.6. The van der Waals surface area contributed by atoms with Crippen molar-refractivity contribution >= 4 is 28.0 Å². The molecule has 0 fully saturated rings. The summed E-state index contributed by atoms with van der Waals surface area (Å²) >= 11 is 1.39. The standard InChI is InChI=1S/C18H15NO2S/c1-11(20)22-16-10-12-6-2-3-7-13(12)17(16)18-19-14-8-4-5-9-15(14)21-18/h2-9,16-17H,10H2,1H3. The van der Waals surface area contributed by atoms with Gasteiger partial charge in [0.25, 0.3) is 0 Å². The van der Waals surface area contributed by atoms with Gasteiger partial charge in [0, 0.05) is 12.2 Å². The van der Waals surface area contributed by atoms with E-state index in [1.165, 1.54) is 22.9 Å². The maximum absolute atomic E-state index is 11.6. The lowest BCUT2D eigenvalue weighted by Gasteiger charge is -2.15. The number of benzene rings is 2. The highest BCUT2D eigenvalue weighted by Crippen LogP contribution is 2.44. The molecule has 0 saturated heterocycles. The lowest BCUT2D eigenvalue weighted by molar-refractivity contribution is -0.109. The number of hydrogen-bond acceptors (Lipinski definition) is 4.